The fourth-order valence-corrected chi connectivity index (χ4v) is 3.19. The maximum absolute atomic E-state index is 2.66. The molecule has 0 aromatic heterocycles. The van der Waals surface area contributed by atoms with Crippen molar-refractivity contribution in [1.29, 1.82) is 0 Å². The van der Waals surface area contributed by atoms with Crippen LogP contribution in [0.3, 0.4) is 0 Å². The number of nitrogens with zero attached hydrogens (tertiary/aromatic N) is 4. The third kappa shape index (κ3) is 3.91. The predicted molar refractivity (Wildman–Crippen MR) is 81.4 cm³/mol. The number of piperazine rings is 2. The molecular formula is C15H32N4. The molecule has 1 atom stereocenters. The monoisotopic (exact) mass is 268 g/mol. The van der Waals surface area contributed by atoms with Crippen molar-refractivity contribution < 1.29 is 0 Å². The maximum Gasteiger partial charge on any atom is 0.0595 e. The van der Waals surface area contributed by atoms with E-state index >= 15 is 0 Å². The molecule has 4 nitrogen and oxygen atoms in total. The Morgan fingerprint density at radius 3 is 1.58 bits per heavy atom. The van der Waals surface area contributed by atoms with Crippen LogP contribution in [0.2, 0.25) is 0 Å². The second-order valence-electron chi connectivity index (χ2n) is 7.16. The molecule has 19 heavy (non-hydrogen) atoms. The lowest BCUT2D eigenvalue weighted by molar-refractivity contribution is -0.0199. The summed E-state index contributed by atoms with van der Waals surface area (Å²) in [6.07, 6.45) is 0.607. The van der Waals surface area contributed by atoms with E-state index in [1.807, 2.05) is 0 Å². The van der Waals surface area contributed by atoms with Crippen molar-refractivity contribution in [2.24, 2.45) is 0 Å². The summed E-state index contributed by atoms with van der Waals surface area (Å²) in [5.74, 6) is 0. The van der Waals surface area contributed by atoms with Crippen LogP contribution in [-0.4, -0.2) is 90.7 Å². The number of rotatable bonds is 2. The Hall–Kier alpha value is -0.160. The smallest absolute Gasteiger partial charge is 0.0595 e. The van der Waals surface area contributed by atoms with Gasteiger partial charge in [0.05, 0.1) is 6.17 Å². The van der Waals surface area contributed by atoms with Crippen molar-refractivity contribution in [2.75, 3.05) is 59.4 Å². The molecule has 2 heterocycles. The van der Waals surface area contributed by atoms with Crippen LogP contribution in [0, 0.1) is 0 Å². The van der Waals surface area contributed by atoms with E-state index < -0.39 is 0 Å². The van der Waals surface area contributed by atoms with Gasteiger partial charge in [-0.25, -0.2) is 0 Å². The summed E-state index contributed by atoms with van der Waals surface area (Å²) < 4.78 is 0. The summed E-state index contributed by atoms with van der Waals surface area (Å²) in [6, 6.07) is 0. The first-order valence-electron chi connectivity index (χ1n) is 7.79. The second-order valence-corrected chi connectivity index (χ2v) is 7.16. The molecule has 2 saturated heterocycles. The highest BCUT2D eigenvalue weighted by Gasteiger charge is 2.30. The van der Waals surface area contributed by atoms with Gasteiger partial charge in [0.25, 0.3) is 0 Å². The molecule has 0 aliphatic carbocycles. The van der Waals surface area contributed by atoms with E-state index in [0.717, 1.165) is 0 Å². The molecular weight excluding hydrogens is 236 g/mol. The molecule has 0 aromatic carbocycles. The lowest BCUT2D eigenvalue weighted by atomic mass is 10.0. The van der Waals surface area contributed by atoms with E-state index in [4.69, 9.17) is 0 Å². The summed E-state index contributed by atoms with van der Waals surface area (Å²) in [5.41, 5.74) is 0.323. The van der Waals surface area contributed by atoms with Crippen LogP contribution in [0.5, 0.6) is 0 Å². The standard InChI is InChI=1S/C15H32N4/c1-14(17-8-6-16(5)7-9-17)18-10-12-19(13-11-18)15(2,3)4/h14H,6-13H2,1-5H3. The fourth-order valence-electron chi connectivity index (χ4n) is 3.19. The third-order valence-corrected chi connectivity index (χ3v) is 4.86. The van der Waals surface area contributed by atoms with Crippen molar-refractivity contribution in [3.05, 3.63) is 0 Å². The van der Waals surface area contributed by atoms with E-state index in [9.17, 15) is 0 Å². The molecule has 112 valence electrons. The average molecular weight is 268 g/mol. The molecule has 2 fully saturated rings. The molecule has 0 aromatic rings. The molecule has 2 aliphatic heterocycles. The van der Waals surface area contributed by atoms with Gasteiger partial charge in [-0.2, -0.15) is 0 Å². The molecule has 2 rings (SSSR count). The Morgan fingerprint density at radius 2 is 1.16 bits per heavy atom. The van der Waals surface area contributed by atoms with Gasteiger partial charge in [-0.15, -0.1) is 0 Å². The average Bonchev–Trinajstić information content (AvgIpc) is 2.38. The van der Waals surface area contributed by atoms with Crippen molar-refractivity contribution in [2.45, 2.75) is 39.4 Å². The minimum atomic E-state index is 0.323. The van der Waals surface area contributed by atoms with Crippen molar-refractivity contribution in [3.8, 4) is 0 Å². The zero-order valence-corrected chi connectivity index (χ0v) is 13.5. The molecule has 0 spiro atoms. The van der Waals surface area contributed by atoms with Crippen molar-refractivity contribution in [1.82, 2.24) is 19.6 Å². The third-order valence-electron chi connectivity index (χ3n) is 4.86. The Kier molecular flexibility index (Phi) is 4.88. The van der Waals surface area contributed by atoms with Crippen LogP contribution in [0.25, 0.3) is 0 Å². The van der Waals surface area contributed by atoms with Crippen LogP contribution in [0.4, 0.5) is 0 Å². The van der Waals surface area contributed by atoms with Crippen LogP contribution < -0.4 is 0 Å². The molecule has 0 radical (unpaired) electrons. The Morgan fingerprint density at radius 1 is 0.737 bits per heavy atom. The van der Waals surface area contributed by atoms with Crippen LogP contribution in [0.15, 0.2) is 0 Å². The van der Waals surface area contributed by atoms with Gasteiger partial charge in [-0.05, 0) is 34.7 Å². The van der Waals surface area contributed by atoms with Gasteiger partial charge in [-0.3, -0.25) is 14.7 Å². The Labute approximate surface area is 119 Å². The second kappa shape index (κ2) is 6.08. The zero-order valence-electron chi connectivity index (χ0n) is 13.5. The van der Waals surface area contributed by atoms with Gasteiger partial charge in [0.2, 0.25) is 0 Å². The van der Waals surface area contributed by atoms with Gasteiger partial charge < -0.3 is 4.90 Å². The molecule has 0 amide bonds. The van der Waals surface area contributed by atoms with E-state index in [1.54, 1.807) is 0 Å². The van der Waals surface area contributed by atoms with E-state index in [-0.39, 0.29) is 0 Å². The number of likely N-dealkylation sites (N-methyl/N-ethyl adjacent to an activating group) is 1. The lowest BCUT2D eigenvalue weighted by Crippen LogP contribution is -2.60. The van der Waals surface area contributed by atoms with Crippen LogP contribution >= 0.6 is 0 Å². The van der Waals surface area contributed by atoms with Gasteiger partial charge in [-0.1, -0.05) is 0 Å². The Balaban J connectivity index is 1.81. The van der Waals surface area contributed by atoms with E-state index in [0.29, 0.717) is 11.7 Å². The number of hydrogen-bond donors (Lipinski definition) is 0. The molecule has 0 saturated carbocycles. The van der Waals surface area contributed by atoms with Crippen LogP contribution in [0.1, 0.15) is 27.7 Å². The lowest BCUT2D eigenvalue weighted by Gasteiger charge is -2.47. The highest BCUT2D eigenvalue weighted by atomic mass is 15.4. The minimum Gasteiger partial charge on any atom is -0.304 e. The summed E-state index contributed by atoms with van der Waals surface area (Å²) in [7, 11) is 2.23. The Bertz CT molecular complexity index is 270. The first kappa shape index (κ1) is 15.2. The topological polar surface area (TPSA) is 13.0 Å². The highest BCUT2D eigenvalue weighted by Crippen LogP contribution is 2.18. The molecule has 0 N–H and O–H groups in total. The number of hydrogen-bond acceptors (Lipinski definition) is 4. The maximum atomic E-state index is 2.66. The van der Waals surface area contributed by atoms with Crippen molar-refractivity contribution in [3.63, 3.8) is 0 Å². The van der Waals surface area contributed by atoms with Gasteiger partial charge in [0.1, 0.15) is 0 Å². The SMILES string of the molecule is CC(N1CCN(C)CC1)N1CCN(C(C)(C)C)CC1. The van der Waals surface area contributed by atoms with E-state index in [1.165, 1.54) is 52.4 Å². The van der Waals surface area contributed by atoms with Gasteiger partial charge >= 0.3 is 0 Å². The van der Waals surface area contributed by atoms with Gasteiger partial charge in [0, 0.05) is 57.9 Å². The first-order valence-corrected chi connectivity index (χ1v) is 7.79. The fraction of sp³-hybridized carbons (Fsp3) is 1.00. The predicted octanol–water partition coefficient (Wildman–Crippen LogP) is 0.996. The first-order chi connectivity index (χ1) is 8.88. The van der Waals surface area contributed by atoms with Gasteiger partial charge in [0.15, 0.2) is 0 Å². The van der Waals surface area contributed by atoms with Crippen molar-refractivity contribution >= 4 is 0 Å². The molecule has 1 unspecified atom stereocenters. The molecule has 4 heteroatoms. The summed E-state index contributed by atoms with van der Waals surface area (Å²) in [6.45, 7) is 19.1. The molecule has 2 aliphatic rings. The summed E-state index contributed by atoms with van der Waals surface area (Å²) >= 11 is 0. The quantitative estimate of drug-likeness (QED) is 0.740. The normalized spacial score (nSPS) is 27.6. The summed E-state index contributed by atoms with van der Waals surface area (Å²) in [4.78, 5) is 10.3. The highest BCUT2D eigenvalue weighted by molar-refractivity contribution is 4.84. The summed E-state index contributed by atoms with van der Waals surface area (Å²) in [5, 5.41) is 0. The van der Waals surface area contributed by atoms with Crippen LogP contribution in [-0.2, 0) is 0 Å². The minimum absolute atomic E-state index is 0.323. The zero-order chi connectivity index (χ0) is 14.0. The van der Waals surface area contributed by atoms with E-state index in [2.05, 4.69) is 54.3 Å². The molecule has 0 bridgehead atoms. The largest absolute Gasteiger partial charge is 0.304 e.